The quantitative estimate of drug-likeness (QED) is 0.846. The van der Waals surface area contributed by atoms with Crippen LogP contribution >= 0.6 is 0 Å². The molecule has 3 nitrogen and oxygen atoms in total. The highest BCUT2D eigenvalue weighted by Gasteiger charge is 2.16. The second kappa shape index (κ2) is 4.34. The molecule has 88 valence electrons. The van der Waals surface area contributed by atoms with E-state index in [1.54, 1.807) is 0 Å². The summed E-state index contributed by atoms with van der Waals surface area (Å²) in [4.78, 5) is 0. The van der Waals surface area contributed by atoms with Crippen molar-refractivity contribution >= 4 is 0 Å². The van der Waals surface area contributed by atoms with Gasteiger partial charge in [0.1, 0.15) is 0 Å². The average Bonchev–Trinajstić information content (AvgIpc) is 2.73. The van der Waals surface area contributed by atoms with Gasteiger partial charge in [-0.25, -0.2) is 0 Å². The summed E-state index contributed by atoms with van der Waals surface area (Å²) in [5, 5.41) is 3.31. The van der Waals surface area contributed by atoms with Crippen molar-refractivity contribution in [1.29, 1.82) is 0 Å². The van der Waals surface area contributed by atoms with Crippen molar-refractivity contribution in [3.63, 3.8) is 0 Å². The summed E-state index contributed by atoms with van der Waals surface area (Å²) in [7, 11) is 2.00. The van der Waals surface area contributed by atoms with Crippen molar-refractivity contribution in [2.45, 2.75) is 32.2 Å². The zero-order chi connectivity index (χ0) is 11.6. The standard InChI is InChI=1S/C13H19NO2/c1-13(2,14-3)7-6-10-4-5-11-12(8-10)16-9-15-11/h4-5,8,14H,6-7,9H2,1-3H3. The number of benzene rings is 1. The maximum Gasteiger partial charge on any atom is 0.231 e. The van der Waals surface area contributed by atoms with E-state index in [1.807, 2.05) is 13.1 Å². The smallest absolute Gasteiger partial charge is 0.231 e. The zero-order valence-electron chi connectivity index (χ0n) is 10.2. The van der Waals surface area contributed by atoms with Crippen LogP contribution in [-0.2, 0) is 6.42 Å². The number of nitrogens with one attached hydrogen (secondary N) is 1. The number of aryl methyl sites for hydroxylation is 1. The summed E-state index contributed by atoms with van der Waals surface area (Å²) in [5.41, 5.74) is 1.48. The summed E-state index contributed by atoms with van der Waals surface area (Å²) in [6, 6.07) is 6.18. The largest absolute Gasteiger partial charge is 0.454 e. The van der Waals surface area contributed by atoms with Crippen LogP contribution in [0.15, 0.2) is 18.2 Å². The molecule has 0 atom stereocenters. The molecule has 0 radical (unpaired) electrons. The van der Waals surface area contributed by atoms with E-state index in [9.17, 15) is 0 Å². The maximum absolute atomic E-state index is 5.36. The summed E-state index contributed by atoms with van der Waals surface area (Å²) in [5.74, 6) is 1.73. The van der Waals surface area contributed by atoms with Crippen LogP contribution in [0.5, 0.6) is 11.5 Å². The van der Waals surface area contributed by atoms with Crippen LogP contribution in [-0.4, -0.2) is 19.4 Å². The minimum Gasteiger partial charge on any atom is -0.454 e. The fraction of sp³-hybridized carbons (Fsp3) is 0.538. The van der Waals surface area contributed by atoms with E-state index in [4.69, 9.17) is 9.47 Å². The molecule has 0 aliphatic carbocycles. The van der Waals surface area contributed by atoms with Gasteiger partial charge in [-0.1, -0.05) is 6.07 Å². The molecule has 16 heavy (non-hydrogen) atoms. The Morgan fingerprint density at radius 3 is 2.75 bits per heavy atom. The average molecular weight is 221 g/mol. The van der Waals surface area contributed by atoms with Gasteiger partial charge in [0, 0.05) is 5.54 Å². The number of hydrogen-bond acceptors (Lipinski definition) is 3. The molecule has 0 fully saturated rings. The third-order valence-electron chi connectivity index (χ3n) is 3.15. The van der Waals surface area contributed by atoms with Gasteiger partial charge >= 0.3 is 0 Å². The van der Waals surface area contributed by atoms with Gasteiger partial charge in [-0.05, 0) is 51.4 Å². The minimum absolute atomic E-state index is 0.177. The Balaban J connectivity index is 2.00. The molecule has 1 aromatic carbocycles. The predicted molar refractivity (Wildman–Crippen MR) is 64.0 cm³/mol. The maximum atomic E-state index is 5.36. The molecule has 2 rings (SSSR count). The summed E-state index contributed by atoms with van der Waals surface area (Å²) in [6.45, 7) is 4.76. The number of rotatable bonds is 4. The Bertz CT molecular complexity index is 374. The highest BCUT2D eigenvalue weighted by Crippen LogP contribution is 2.33. The van der Waals surface area contributed by atoms with Crippen molar-refractivity contribution in [2.75, 3.05) is 13.8 Å². The molecule has 3 heteroatoms. The first-order valence-electron chi connectivity index (χ1n) is 5.68. The van der Waals surface area contributed by atoms with Crippen LogP contribution in [0.3, 0.4) is 0 Å². The van der Waals surface area contributed by atoms with Crippen molar-refractivity contribution < 1.29 is 9.47 Å². The number of fused-ring (bicyclic) bond motifs is 1. The fourth-order valence-electron chi connectivity index (χ4n) is 1.68. The van der Waals surface area contributed by atoms with Crippen LogP contribution in [0.25, 0.3) is 0 Å². The molecule has 0 saturated heterocycles. The molecule has 0 bridgehead atoms. The van der Waals surface area contributed by atoms with E-state index in [2.05, 4.69) is 31.3 Å². The summed E-state index contributed by atoms with van der Waals surface area (Å²) in [6.07, 6.45) is 2.15. The molecule has 0 spiro atoms. The summed E-state index contributed by atoms with van der Waals surface area (Å²) >= 11 is 0. The second-order valence-electron chi connectivity index (χ2n) is 4.82. The van der Waals surface area contributed by atoms with Gasteiger partial charge in [0.25, 0.3) is 0 Å². The first kappa shape index (κ1) is 11.3. The molecule has 1 aliphatic heterocycles. The van der Waals surface area contributed by atoms with Crippen molar-refractivity contribution in [3.05, 3.63) is 23.8 Å². The third kappa shape index (κ3) is 2.47. The minimum atomic E-state index is 0.177. The fourth-order valence-corrected chi connectivity index (χ4v) is 1.68. The molecule has 1 aromatic rings. The van der Waals surface area contributed by atoms with Crippen molar-refractivity contribution in [1.82, 2.24) is 5.32 Å². The van der Waals surface area contributed by atoms with Gasteiger partial charge in [-0.3, -0.25) is 0 Å². The Labute approximate surface area is 96.8 Å². The van der Waals surface area contributed by atoms with E-state index >= 15 is 0 Å². The molecule has 1 heterocycles. The first-order valence-corrected chi connectivity index (χ1v) is 5.68. The molecule has 1 aliphatic rings. The lowest BCUT2D eigenvalue weighted by Crippen LogP contribution is -2.36. The molecular weight excluding hydrogens is 202 g/mol. The normalized spacial score (nSPS) is 14.2. The SMILES string of the molecule is CNC(C)(C)CCc1ccc2c(c1)OCO2. The van der Waals surface area contributed by atoms with E-state index in [1.165, 1.54) is 5.56 Å². The van der Waals surface area contributed by atoms with Gasteiger partial charge < -0.3 is 14.8 Å². The van der Waals surface area contributed by atoms with E-state index < -0.39 is 0 Å². The van der Waals surface area contributed by atoms with Gasteiger partial charge in [0.05, 0.1) is 0 Å². The Hall–Kier alpha value is -1.22. The molecule has 0 aromatic heterocycles. The number of hydrogen-bond donors (Lipinski definition) is 1. The van der Waals surface area contributed by atoms with Crippen molar-refractivity contribution in [3.8, 4) is 11.5 Å². The summed E-state index contributed by atoms with van der Waals surface area (Å²) < 4.78 is 10.6. The van der Waals surface area contributed by atoms with Gasteiger partial charge in [0.15, 0.2) is 11.5 Å². The van der Waals surface area contributed by atoms with E-state index in [0.717, 1.165) is 24.3 Å². The second-order valence-corrected chi connectivity index (χ2v) is 4.82. The number of ether oxygens (including phenoxy) is 2. The molecule has 0 saturated carbocycles. The Kier molecular flexibility index (Phi) is 3.06. The highest BCUT2D eigenvalue weighted by atomic mass is 16.7. The topological polar surface area (TPSA) is 30.5 Å². The van der Waals surface area contributed by atoms with Gasteiger partial charge in [-0.15, -0.1) is 0 Å². The highest BCUT2D eigenvalue weighted by molar-refractivity contribution is 5.44. The monoisotopic (exact) mass is 221 g/mol. The third-order valence-corrected chi connectivity index (χ3v) is 3.15. The lowest BCUT2D eigenvalue weighted by atomic mass is 9.95. The molecule has 0 unspecified atom stereocenters. The lowest BCUT2D eigenvalue weighted by molar-refractivity contribution is 0.174. The first-order chi connectivity index (χ1) is 7.61. The Morgan fingerprint density at radius 1 is 1.25 bits per heavy atom. The van der Waals surface area contributed by atoms with Crippen LogP contribution in [0.4, 0.5) is 0 Å². The van der Waals surface area contributed by atoms with Gasteiger partial charge in [-0.2, -0.15) is 0 Å². The predicted octanol–water partition coefficient (Wildman–Crippen LogP) is 2.35. The van der Waals surface area contributed by atoms with Crippen LogP contribution < -0.4 is 14.8 Å². The zero-order valence-corrected chi connectivity index (χ0v) is 10.2. The van der Waals surface area contributed by atoms with E-state index in [-0.39, 0.29) is 5.54 Å². The van der Waals surface area contributed by atoms with Crippen LogP contribution in [0.2, 0.25) is 0 Å². The van der Waals surface area contributed by atoms with E-state index in [0.29, 0.717) is 6.79 Å². The van der Waals surface area contributed by atoms with Crippen molar-refractivity contribution in [2.24, 2.45) is 0 Å². The lowest BCUT2D eigenvalue weighted by Gasteiger charge is -2.23. The molecule has 1 N–H and O–H groups in total. The Morgan fingerprint density at radius 2 is 2.00 bits per heavy atom. The molecule has 0 amide bonds. The molecular formula is C13H19NO2. The van der Waals surface area contributed by atoms with Gasteiger partial charge in [0.2, 0.25) is 6.79 Å². The van der Waals surface area contributed by atoms with Crippen LogP contribution in [0, 0.1) is 0 Å². The van der Waals surface area contributed by atoms with Crippen LogP contribution in [0.1, 0.15) is 25.8 Å².